The number of aliphatic hydroxyl groups is 3. The molecule has 0 bridgehead atoms. The van der Waals surface area contributed by atoms with Crippen molar-refractivity contribution in [2.45, 2.75) is 24.5 Å². The summed E-state index contributed by atoms with van der Waals surface area (Å²) in [5.74, 6) is -0.196. The molecular formula is C8H12N4O5+. The fourth-order valence-corrected chi connectivity index (χ4v) is 1.64. The lowest BCUT2D eigenvalue weighted by Gasteiger charge is -2.14. The number of nitrogens with zero attached hydrogens (tertiary/aromatic N) is 3. The number of aliphatic hydroxyl groups excluding tert-OH is 3. The van der Waals surface area contributed by atoms with Crippen LogP contribution in [0.5, 0.6) is 0 Å². The average Bonchev–Trinajstić information content (AvgIpc) is 2.57. The smallest absolute Gasteiger partial charge is 0.394 e. The van der Waals surface area contributed by atoms with Gasteiger partial charge in [0, 0.05) is 4.90 Å². The van der Waals surface area contributed by atoms with E-state index in [2.05, 4.69) is 9.98 Å². The third-order valence-corrected chi connectivity index (χ3v) is 2.54. The van der Waals surface area contributed by atoms with E-state index in [0.29, 0.717) is 0 Å². The van der Waals surface area contributed by atoms with Crippen LogP contribution in [0.3, 0.4) is 0 Å². The van der Waals surface area contributed by atoms with Gasteiger partial charge in [-0.05, 0) is 0 Å². The van der Waals surface area contributed by atoms with Crippen LogP contribution < -0.4 is 10.6 Å². The van der Waals surface area contributed by atoms with Gasteiger partial charge in [-0.15, -0.1) is 4.99 Å². The molecule has 2 rings (SSSR count). The molecular weight excluding hydrogens is 232 g/mol. The third kappa shape index (κ3) is 2.06. The first-order chi connectivity index (χ1) is 8.04. The minimum Gasteiger partial charge on any atom is -0.394 e. The van der Waals surface area contributed by atoms with Crippen LogP contribution in [0.2, 0.25) is 0 Å². The summed E-state index contributed by atoms with van der Waals surface area (Å²) in [6, 6.07) is -0.757. The van der Waals surface area contributed by atoms with Crippen LogP contribution in [0.1, 0.15) is 0 Å². The highest BCUT2D eigenvalue weighted by Gasteiger charge is 2.54. The molecule has 0 saturated carbocycles. The molecule has 2 amide bonds. The predicted octanol–water partition coefficient (Wildman–Crippen LogP) is -2.96. The largest absolute Gasteiger partial charge is 0.503 e. The van der Waals surface area contributed by atoms with Crippen LogP contribution in [0.25, 0.3) is 0 Å². The number of carbonyl (C=O) groups is 1. The maximum absolute atomic E-state index is 11.5. The molecule has 0 aromatic carbocycles. The quantitative estimate of drug-likeness (QED) is 0.382. The zero-order chi connectivity index (χ0) is 12.6. The van der Waals surface area contributed by atoms with Gasteiger partial charge in [0.25, 0.3) is 12.6 Å². The molecule has 4 atom stereocenters. The van der Waals surface area contributed by atoms with Crippen LogP contribution in [0, 0.1) is 0 Å². The Morgan fingerprint density at radius 1 is 1.47 bits per heavy atom. The summed E-state index contributed by atoms with van der Waals surface area (Å²) in [4.78, 5) is 19.3. The van der Waals surface area contributed by atoms with Crippen molar-refractivity contribution in [3.05, 3.63) is 0 Å². The minimum atomic E-state index is -1.35. The van der Waals surface area contributed by atoms with Crippen molar-refractivity contribution in [3.8, 4) is 0 Å². The van der Waals surface area contributed by atoms with Crippen molar-refractivity contribution >= 4 is 18.3 Å². The Hall–Kier alpha value is -1.39. The zero-order valence-electron chi connectivity index (χ0n) is 8.67. The predicted molar refractivity (Wildman–Crippen MR) is 55.4 cm³/mol. The summed E-state index contributed by atoms with van der Waals surface area (Å²) in [6.45, 7) is -0.473. The van der Waals surface area contributed by atoms with Crippen LogP contribution in [0.15, 0.2) is 9.98 Å². The van der Waals surface area contributed by atoms with E-state index in [1.165, 1.54) is 0 Å². The van der Waals surface area contributed by atoms with Crippen molar-refractivity contribution in [1.82, 2.24) is 4.90 Å². The van der Waals surface area contributed by atoms with E-state index >= 15 is 0 Å². The molecule has 1 fully saturated rings. The van der Waals surface area contributed by atoms with Crippen molar-refractivity contribution in [3.63, 3.8) is 0 Å². The van der Waals surface area contributed by atoms with E-state index in [1.54, 1.807) is 0 Å². The molecule has 2 heterocycles. The Kier molecular flexibility index (Phi) is 3.17. The van der Waals surface area contributed by atoms with Gasteiger partial charge in [0.05, 0.1) is 6.61 Å². The monoisotopic (exact) mass is 244 g/mol. The van der Waals surface area contributed by atoms with Gasteiger partial charge < -0.3 is 25.8 Å². The highest BCUT2D eigenvalue weighted by Crippen LogP contribution is 2.23. The second-order valence-corrected chi connectivity index (χ2v) is 3.63. The van der Waals surface area contributed by atoms with E-state index in [-0.39, 0.29) is 5.96 Å². The molecule has 1 saturated heterocycles. The zero-order valence-corrected chi connectivity index (χ0v) is 8.67. The van der Waals surface area contributed by atoms with E-state index in [9.17, 15) is 15.0 Å². The third-order valence-electron chi connectivity index (χ3n) is 2.54. The van der Waals surface area contributed by atoms with E-state index in [1.807, 2.05) is 0 Å². The Morgan fingerprint density at radius 3 is 2.71 bits per heavy atom. The summed E-state index contributed by atoms with van der Waals surface area (Å²) < 4.78 is 5.13. The number of hydrogen-bond donors (Lipinski definition) is 4. The molecule has 17 heavy (non-hydrogen) atoms. The van der Waals surface area contributed by atoms with Crippen LogP contribution in [-0.4, -0.2) is 64.8 Å². The van der Waals surface area contributed by atoms with Gasteiger partial charge in [-0.25, -0.2) is 0 Å². The second kappa shape index (κ2) is 4.47. The molecule has 0 aromatic heterocycles. The van der Waals surface area contributed by atoms with Gasteiger partial charge in [-0.1, -0.05) is 0 Å². The number of ether oxygens (including phenoxy) is 1. The van der Waals surface area contributed by atoms with Gasteiger partial charge in [0.15, 0.2) is 6.10 Å². The van der Waals surface area contributed by atoms with Crippen molar-refractivity contribution in [1.29, 1.82) is 0 Å². The van der Waals surface area contributed by atoms with E-state index in [4.69, 9.17) is 15.6 Å². The van der Waals surface area contributed by atoms with Gasteiger partial charge in [-0.3, -0.25) is 0 Å². The molecule has 0 aliphatic carbocycles. The molecule has 93 valence electrons. The Bertz CT molecular complexity index is 384. The Morgan fingerprint density at radius 2 is 2.18 bits per heavy atom. The fraction of sp³-hybridized carbons (Fsp3) is 0.625. The number of guanidine groups is 1. The maximum Gasteiger partial charge on any atom is 0.503 e. The van der Waals surface area contributed by atoms with Gasteiger partial charge in [0.2, 0.25) is 5.96 Å². The molecule has 2 aliphatic heterocycles. The highest BCUT2D eigenvalue weighted by molar-refractivity contribution is 6.05. The summed E-state index contributed by atoms with van der Waals surface area (Å²) in [7, 11) is 0. The number of rotatable bonds is 2. The first-order valence-corrected chi connectivity index (χ1v) is 4.87. The van der Waals surface area contributed by atoms with Gasteiger partial charge in [-0.2, -0.15) is 9.79 Å². The summed E-state index contributed by atoms with van der Waals surface area (Å²) in [5, 5.41) is 28.1. The number of urea groups is 1. The number of hydrogen-bond acceptors (Lipinski definition) is 7. The molecule has 0 spiro atoms. The lowest BCUT2D eigenvalue weighted by atomic mass is 10.1. The molecule has 1 radical (unpaired) electrons. The molecule has 0 unspecified atom stereocenters. The van der Waals surface area contributed by atoms with Gasteiger partial charge >= 0.3 is 6.03 Å². The fourth-order valence-electron chi connectivity index (χ4n) is 1.64. The lowest BCUT2D eigenvalue weighted by Crippen LogP contribution is -2.51. The number of aliphatic imine (C=N–C) groups is 2. The lowest BCUT2D eigenvalue weighted by molar-refractivity contribution is -0.0375. The minimum absolute atomic E-state index is 0.196. The maximum atomic E-state index is 11.5. The molecule has 5 N–H and O–H groups in total. The first-order valence-electron chi connectivity index (χ1n) is 4.87. The molecule has 9 heteroatoms. The first kappa shape index (κ1) is 12.1. The summed E-state index contributed by atoms with van der Waals surface area (Å²) in [6.07, 6.45) is -3.67. The topological polar surface area (TPSA) is 144 Å². The van der Waals surface area contributed by atoms with Gasteiger partial charge in [0.1, 0.15) is 12.2 Å². The molecule has 9 nitrogen and oxygen atoms in total. The molecule has 0 aromatic rings. The number of amides is 2. The van der Waals surface area contributed by atoms with Crippen molar-refractivity contribution in [2.24, 2.45) is 15.7 Å². The number of carbonyl (C=O) groups excluding carboxylic acids is 1. The van der Waals surface area contributed by atoms with Crippen molar-refractivity contribution in [2.75, 3.05) is 6.61 Å². The van der Waals surface area contributed by atoms with Crippen LogP contribution in [-0.2, 0) is 4.74 Å². The summed E-state index contributed by atoms with van der Waals surface area (Å²) >= 11 is 0. The van der Waals surface area contributed by atoms with E-state index in [0.717, 1.165) is 11.2 Å². The standard InChI is InChI=1S/C8H12N4O5/c9-7-10-2-12(8(16)11-7)6-5(15)4(14)3(1-13)17-6/h2-6,13-15H,1H2,(H2,9,11,16)/q+1/t3-,4-,5-,6-/m1/s1. The van der Waals surface area contributed by atoms with Crippen LogP contribution >= 0.6 is 0 Å². The highest BCUT2D eigenvalue weighted by atomic mass is 16.6. The number of nitrogens with two attached hydrogens (primary N) is 1. The molecule has 2 aliphatic rings. The SMILES string of the molecule is NC1=NC(=O)[N+]([C@@H]2O[C@H](CO)[C@@H](O)[C@H]2O)C=N1. The van der Waals surface area contributed by atoms with Crippen LogP contribution in [0.4, 0.5) is 4.79 Å². The Balaban J connectivity index is 2.15. The normalized spacial score (nSPS) is 38.5. The Labute approximate surface area is 95.8 Å². The van der Waals surface area contributed by atoms with Crippen molar-refractivity contribution < 1.29 is 24.9 Å². The summed E-state index contributed by atoms with van der Waals surface area (Å²) in [5.41, 5.74) is 5.21. The average molecular weight is 244 g/mol. The van der Waals surface area contributed by atoms with E-state index < -0.39 is 37.2 Å². The second-order valence-electron chi connectivity index (χ2n) is 3.63.